The van der Waals surface area contributed by atoms with Gasteiger partial charge in [-0.15, -0.1) is 0 Å². The Balaban J connectivity index is 1.78. The Hall–Kier alpha value is -2.24. The molecule has 1 heterocycles. The number of alkyl halides is 3. The number of amides is 1. The van der Waals surface area contributed by atoms with Crippen LogP contribution in [-0.4, -0.2) is 49.7 Å². The summed E-state index contributed by atoms with van der Waals surface area (Å²) in [4.78, 5) is 12.9. The lowest BCUT2D eigenvalue weighted by Gasteiger charge is -2.34. The van der Waals surface area contributed by atoms with Gasteiger partial charge in [-0.1, -0.05) is 17.7 Å². The molecule has 0 radical (unpaired) electrons. The van der Waals surface area contributed by atoms with Crippen molar-refractivity contribution in [1.82, 2.24) is 9.21 Å². The second-order valence-corrected chi connectivity index (χ2v) is 8.78. The molecule has 0 spiro atoms. The molecule has 0 atom stereocenters. The quantitative estimate of drug-likeness (QED) is 0.644. The Kier molecular flexibility index (Phi) is 6.08. The van der Waals surface area contributed by atoms with Crippen LogP contribution in [0, 0.1) is 11.6 Å². The lowest BCUT2D eigenvalue weighted by atomic mass is 10.1. The summed E-state index contributed by atoms with van der Waals surface area (Å²) in [5.41, 5.74) is -2.03. The average Bonchev–Trinajstić information content (AvgIpc) is 2.67. The summed E-state index contributed by atoms with van der Waals surface area (Å²) >= 11 is 5.52. The molecule has 1 saturated heterocycles. The topological polar surface area (TPSA) is 57.7 Å². The first-order valence-corrected chi connectivity index (χ1v) is 10.3. The van der Waals surface area contributed by atoms with Gasteiger partial charge in [0.2, 0.25) is 10.0 Å². The molecule has 2 aromatic rings. The van der Waals surface area contributed by atoms with Gasteiger partial charge >= 0.3 is 6.18 Å². The lowest BCUT2D eigenvalue weighted by molar-refractivity contribution is -0.137. The van der Waals surface area contributed by atoms with E-state index in [4.69, 9.17) is 11.6 Å². The summed E-state index contributed by atoms with van der Waals surface area (Å²) in [6, 6.07) is 5.21. The van der Waals surface area contributed by atoms with Gasteiger partial charge in [-0.25, -0.2) is 17.2 Å². The number of nitrogens with zero attached hydrogens (tertiary/aromatic N) is 2. The number of sulfonamides is 1. The molecule has 0 bridgehead atoms. The van der Waals surface area contributed by atoms with Gasteiger partial charge in [-0.3, -0.25) is 4.79 Å². The van der Waals surface area contributed by atoms with Crippen LogP contribution in [0.3, 0.4) is 0 Å². The van der Waals surface area contributed by atoms with Crippen LogP contribution in [0.15, 0.2) is 41.3 Å². The first kappa shape index (κ1) is 22.4. The minimum Gasteiger partial charge on any atom is -0.336 e. The van der Waals surface area contributed by atoms with Gasteiger partial charge in [-0.2, -0.15) is 17.5 Å². The molecule has 30 heavy (non-hydrogen) atoms. The predicted octanol–water partition coefficient (Wildman–Crippen LogP) is 3.78. The number of hydrogen-bond donors (Lipinski definition) is 0. The summed E-state index contributed by atoms with van der Waals surface area (Å²) in [6.07, 6.45) is -4.84. The minimum absolute atomic E-state index is 0.189. The van der Waals surface area contributed by atoms with Gasteiger partial charge in [0.15, 0.2) is 0 Å². The van der Waals surface area contributed by atoms with Crippen LogP contribution in [-0.2, 0) is 16.2 Å². The molecule has 1 aliphatic rings. The van der Waals surface area contributed by atoms with Gasteiger partial charge in [0.05, 0.1) is 15.5 Å². The van der Waals surface area contributed by atoms with Crippen LogP contribution in [0.4, 0.5) is 22.0 Å². The smallest absolute Gasteiger partial charge is 0.336 e. The van der Waals surface area contributed by atoms with E-state index in [1.54, 1.807) is 0 Å². The highest BCUT2D eigenvalue weighted by atomic mass is 35.5. The third-order valence-corrected chi connectivity index (χ3v) is 6.81. The van der Waals surface area contributed by atoms with Gasteiger partial charge in [0.1, 0.15) is 17.2 Å². The minimum atomic E-state index is -4.84. The van der Waals surface area contributed by atoms with Crippen LogP contribution in [0.1, 0.15) is 15.9 Å². The fraction of sp³-hybridized carbons (Fsp3) is 0.278. The van der Waals surface area contributed by atoms with Crippen LogP contribution in [0.5, 0.6) is 0 Å². The average molecular weight is 469 g/mol. The van der Waals surface area contributed by atoms with E-state index in [0.717, 1.165) is 39.5 Å². The molecule has 5 nitrogen and oxygen atoms in total. The molecule has 1 aliphatic heterocycles. The lowest BCUT2D eigenvalue weighted by Crippen LogP contribution is -2.50. The zero-order chi connectivity index (χ0) is 22.3. The first-order chi connectivity index (χ1) is 13.9. The van der Waals surface area contributed by atoms with Crippen molar-refractivity contribution in [3.05, 3.63) is 64.2 Å². The fourth-order valence-corrected chi connectivity index (χ4v) is 4.70. The molecule has 1 amide bonds. The second-order valence-electron chi connectivity index (χ2n) is 6.43. The molecule has 2 aromatic carbocycles. The van der Waals surface area contributed by atoms with Crippen molar-refractivity contribution in [3.8, 4) is 0 Å². The Labute approximate surface area is 173 Å². The molecule has 162 valence electrons. The van der Waals surface area contributed by atoms with Gasteiger partial charge in [-0.05, 0) is 30.3 Å². The third-order valence-electron chi connectivity index (χ3n) is 4.58. The summed E-state index contributed by atoms with van der Waals surface area (Å²) < 4.78 is 93.1. The number of hydrogen-bond acceptors (Lipinski definition) is 3. The number of carbonyl (C=O) groups is 1. The van der Waals surface area contributed by atoms with Gasteiger partial charge in [0, 0.05) is 26.2 Å². The van der Waals surface area contributed by atoms with Crippen molar-refractivity contribution in [2.75, 3.05) is 26.2 Å². The van der Waals surface area contributed by atoms with Crippen molar-refractivity contribution in [3.63, 3.8) is 0 Å². The molecule has 0 aliphatic carbocycles. The van der Waals surface area contributed by atoms with E-state index in [9.17, 15) is 35.2 Å². The Bertz CT molecular complexity index is 1060. The summed E-state index contributed by atoms with van der Waals surface area (Å²) in [7, 11) is -4.30. The molecule has 0 unspecified atom stereocenters. The maximum Gasteiger partial charge on any atom is 0.417 e. The Morgan fingerprint density at radius 1 is 0.967 bits per heavy atom. The number of carbonyl (C=O) groups excluding carboxylic acids is 1. The summed E-state index contributed by atoms with van der Waals surface area (Å²) in [5, 5.41) is -0.635. The van der Waals surface area contributed by atoms with E-state index in [1.807, 2.05) is 0 Å². The molecule has 0 saturated carbocycles. The largest absolute Gasteiger partial charge is 0.417 e. The fourth-order valence-electron chi connectivity index (χ4n) is 3.02. The molecular weight excluding hydrogens is 455 g/mol. The van der Waals surface area contributed by atoms with E-state index in [1.165, 1.54) is 0 Å². The molecule has 1 fully saturated rings. The predicted molar refractivity (Wildman–Crippen MR) is 97.5 cm³/mol. The normalized spacial score (nSPS) is 16.0. The second kappa shape index (κ2) is 8.12. The standard InChI is InChI=1S/C18H14ClF5N2O3S/c19-13-5-4-11(10-12(13)18(22,23)24)30(28,29)26-8-6-25(7-9-26)17(27)16-14(20)2-1-3-15(16)21/h1-5,10H,6-9H2. The van der Waals surface area contributed by atoms with Crippen LogP contribution in [0.25, 0.3) is 0 Å². The zero-order valence-electron chi connectivity index (χ0n) is 15.1. The number of halogens is 6. The SMILES string of the molecule is O=C(c1c(F)cccc1F)N1CCN(S(=O)(=O)c2ccc(Cl)c(C(F)(F)F)c2)CC1. The maximum atomic E-state index is 13.8. The first-order valence-electron chi connectivity index (χ1n) is 8.53. The van der Waals surface area contributed by atoms with Crippen molar-refractivity contribution < 1.29 is 35.2 Å². The van der Waals surface area contributed by atoms with Gasteiger partial charge in [0.25, 0.3) is 5.91 Å². The van der Waals surface area contributed by atoms with Crippen molar-refractivity contribution in [1.29, 1.82) is 0 Å². The van der Waals surface area contributed by atoms with E-state index >= 15 is 0 Å². The van der Waals surface area contributed by atoms with Gasteiger partial charge < -0.3 is 4.90 Å². The number of benzene rings is 2. The van der Waals surface area contributed by atoms with E-state index < -0.39 is 54.8 Å². The van der Waals surface area contributed by atoms with E-state index in [0.29, 0.717) is 6.07 Å². The molecule has 0 aromatic heterocycles. The third kappa shape index (κ3) is 4.28. The Morgan fingerprint density at radius 3 is 2.07 bits per heavy atom. The highest BCUT2D eigenvalue weighted by Crippen LogP contribution is 2.36. The van der Waals surface area contributed by atoms with Crippen molar-refractivity contribution >= 4 is 27.5 Å². The maximum absolute atomic E-state index is 13.8. The highest BCUT2D eigenvalue weighted by Gasteiger charge is 2.37. The summed E-state index contributed by atoms with van der Waals surface area (Å²) in [6.45, 7) is -0.890. The van der Waals surface area contributed by atoms with Crippen LogP contribution >= 0.6 is 11.6 Å². The van der Waals surface area contributed by atoms with Crippen molar-refractivity contribution in [2.24, 2.45) is 0 Å². The monoisotopic (exact) mass is 468 g/mol. The van der Waals surface area contributed by atoms with Crippen LogP contribution < -0.4 is 0 Å². The van der Waals surface area contributed by atoms with Crippen LogP contribution in [0.2, 0.25) is 5.02 Å². The number of piperazine rings is 1. The zero-order valence-corrected chi connectivity index (χ0v) is 16.7. The molecule has 3 rings (SSSR count). The van der Waals surface area contributed by atoms with E-state index in [-0.39, 0.29) is 26.2 Å². The Morgan fingerprint density at radius 2 is 1.53 bits per heavy atom. The molecular formula is C18H14ClF5N2O3S. The molecule has 0 N–H and O–H groups in total. The van der Waals surface area contributed by atoms with Crippen molar-refractivity contribution in [2.45, 2.75) is 11.1 Å². The number of rotatable bonds is 3. The van der Waals surface area contributed by atoms with E-state index in [2.05, 4.69) is 0 Å². The molecule has 12 heteroatoms. The highest BCUT2D eigenvalue weighted by molar-refractivity contribution is 7.89. The summed E-state index contributed by atoms with van der Waals surface area (Å²) in [5.74, 6) is -3.03.